The van der Waals surface area contributed by atoms with Crippen LogP contribution in [0.1, 0.15) is 24.2 Å². The van der Waals surface area contributed by atoms with Crippen molar-refractivity contribution in [1.29, 1.82) is 0 Å². The van der Waals surface area contributed by atoms with Gasteiger partial charge in [-0.3, -0.25) is 4.79 Å². The second-order valence-electron chi connectivity index (χ2n) is 4.88. The van der Waals surface area contributed by atoms with Crippen LogP contribution in [0, 0.1) is 0 Å². The van der Waals surface area contributed by atoms with Crippen molar-refractivity contribution < 1.29 is 15.0 Å². The minimum Gasteiger partial charge on any atom is -0.508 e. The number of hydrogen-bond donors (Lipinski definition) is 3. The lowest BCUT2D eigenvalue weighted by Gasteiger charge is -2.36. The Bertz CT molecular complexity index is 452. The summed E-state index contributed by atoms with van der Waals surface area (Å²) < 4.78 is 0. The van der Waals surface area contributed by atoms with E-state index in [0.29, 0.717) is 13.1 Å². The maximum absolute atomic E-state index is 12.3. The van der Waals surface area contributed by atoms with Gasteiger partial charge in [0.25, 0.3) is 5.91 Å². The van der Waals surface area contributed by atoms with Crippen molar-refractivity contribution in [1.82, 2.24) is 10.2 Å². The van der Waals surface area contributed by atoms with E-state index in [1.54, 1.807) is 4.90 Å². The molecular formula is C13H18N2O3. The molecule has 5 nitrogen and oxygen atoms in total. The summed E-state index contributed by atoms with van der Waals surface area (Å²) >= 11 is 0. The van der Waals surface area contributed by atoms with E-state index in [1.807, 2.05) is 13.8 Å². The molecule has 0 radical (unpaired) electrons. The van der Waals surface area contributed by atoms with Gasteiger partial charge in [0.15, 0.2) is 0 Å². The van der Waals surface area contributed by atoms with Crippen molar-refractivity contribution in [2.75, 3.05) is 13.1 Å². The third kappa shape index (κ3) is 2.56. The van der Waals surface area contributed by atoms with Crippen LogP contribution in [0.5, 0.6) is 11.5 Å². The van der Waals surface area contributed by atoms with Crippen molar-refractivity contribution >= 4 is 5.91 Å². The first-order valence-corrected chi connectivity index (χ1v) is 6.04. The van der Waals surface area contributed by atoms with Crippen LogP contribution in [0.3, 0.4) is 0 Å². The number of piperazine rings is 1. The van der Waals surface area contributed by atoms with Crippen molar-refractivity contribution in [3.63, 3.8) is 0 Å². The lowest BCUT2D eigenvalue weighted by atomic mass is 10.1. The zero-order valence-electron chi connectivity index (χ0n) is 10.6. The van der Waals surface area contributed by atoms with Crippen LogP contribution in [0.25, 0.3) is 0 Å². The second-order valence-corrected chi connectivity index (χ2v) is 4.88. The normalized spacial score (nSPS) is 24.0. The maximum Gasteiger partial charge on any atom is 0.257 e. The molecule has 2 atom stereocenters. The molecule has 1 aliphatic rings. The molecule has 0 spiro atoms. The van der Waals surface area contributed by atoms with Crippen LogP contribution in [0.15, 0.2) is 18.2 Å². The highest BCUT2D eigenvalue weighted by molar-refractivity contribution is 5.97. The summed E-state index contributed by atoms with van der Waals surface area (Å²) in [4.78, 5) is 14.0. The van der Waals surface area contributed by atoms with E-state index in [4.69, 9.17) is 0 Å². The van der Waals surface area contributed by atoms with Gasteiger partial charge < -0.3 is 20.4 Å². The lowest BCUT2D eigenvalue weighted by molar-refractivity contribution is 0.0670. The fourth-order valence-corrected chi connectivity index (χ4v) is 2.36. The number of phenolic OH excluding ortho intramolecular Hbond substituents is 2. The van der Waals surface area contributed by atoms with E-state index >= 15 is 0 Å². The van der Waals surface area contributed by atoms with Crippen LogP contribution >= 0.6 is 0 Å². The van der Waals surface area contributed by atoms with Gasteiger partial charge in [-0.05, 0) is 26.0 Å². The Morgan fingerprint density at radius 1 is 1.28 bits per heavy atom. The number of carbonyl (C=O) groups is 1. The van der Waals surface area contributed by atoms with Gasteiger partial charge >= 0.3 is 0 Å². The summed E-state index contributed by atoms with van der Waals surface area (Å²) in [6.45, 7) is 5.27. The topological polar surface area (TPSA) is 72.8 Å². The molecule has 1 heterocycles. The highest BCUT2D eigenvalue weighted by Gasteiger charge is 2.26. The first-order chi connectivity index (χ1) is 8.47. The number of amides is 1. The van der Waals surface area contributed by atoms with Gasteiger partial charge in [-0.1, -0.05) is 0 Å². The van der Waals surface area contributed by atoms with Crippen LogP contribution in [0.2, 0.25) is 0 Å². The van der Waals surface area contributed by atoms with Gasteiger partial charge in [0.2, 0.25) is 0 Å². The van der Waals surface area contributed by atoms with Crippen LogP contribution in [-0.4, -0.2) is 46.2 Å². The molecule has 1 aromatic carbocycles. The monoisotopic (exact) mass is 250 g/mol. The van der Waals surface area contributed by atoms with E-state index in [-0.39, 0.29) is 35.1 Å². The molecule has 1 aliphatic heterocycles. The van der Waals surface area contributed by atoms with Crippen LogP contribution in [-0.2, 0) is 0 Å². The van der Waals surface area contributed by atoms with E-state index in [2.05, 4.69) is 5.32 Å². The quantitative estimate of drug-likeness (QED) is 0.693. The number of nitrogens with one attached hydrogen (secondary N) is 1. The average molecular weight is 250 g/mol. The number of rotatable bonds is 1. The third-order valence-corrected chi connectivity index (χ3v) is 3.06. The molecule has 0 bridgehead atoms. The molecule has 98 valence electrons. The second kappa shape index (κ2) is 4.86. The Labute approximate surface area is 106 Å². The zero-order chi connectivity index (χ0) is 13.3. The van der Waals surface area contributed by atoms with Gasteiger partial charge in [0.05, 0.1) is 5.56 Å². The molecule has 1 amide bonds. The molecule has 0 aliphatic carbocycles. The molecular weight excluding hydrogens is 232 g/mol. The van der Waals surface area contributed by atoms with E-state index in [9.17, 15) is 15.0 Å². The summed E-state index contributed by atoms with van der Waals surface area (Å²) in [5.74, 6) is -0.433. The first kappa shape index (κ1) is 12.7. The van der Waals surface area contributed by atoms with E-state index in [0.717, 1.165) is 0 Å². The summed E-state index contributed by atoms with van der Waals surface area (Å²) in [6.07, 6.45) is 0. The SMILES string of the molecule is CC1CN(C(=O)c2ccc(O)cc2O)CC(C)N1. The molecule has 2 unspecified atom stereocenters. The van der Waals surface area contributed by atoms with Gasteiger partial charge in [0.1, 0.15) is 11.5 Å². The van der Waals surface area contributed by atoms with E-state index < -0.39 is 0 Å². The molecule has 5 heteroatoms. The van der Waals surface area contributed by atoms with Gasteiger partial charge in [0, 0.05) is 31.2 Å². The van der Waals surface area contributed by atoms with Crippen molar-refractivity contribution in [2.45, 2.75) is 25.9 Å². The van der Waals surface area contributed by atoms with Gasteiger partial charge in [-0.15, -0.1) is 0 Å². The molecule has 1 saturated heterocycles. The number of phenols is 2. The highest BCUT2D eigenvalue weighted by atomic mass is 16.3. The van der Waals surface area contributed by atoms with Gasteiger partial charge in [-0.25, -0.2) is 0 Å². The molecule has 0 saturated carbocycles. The third-order valence-electron chi connectivity index (χ3n) is 3.06. The summed E-state index contributed by atoms with van der Waals surface area (Å²) in [7, 11) is 0. The Balaban J connectivity index is 2.20. The number of hydrogen-bond acceptors (Lipinski definition) is 4. The average Bonchev–Trinajstić information content (AvgIpc) is 2.26. The maximum atomic E-state index is 12.3. The molecule has 1 aromatic rings. The Morgan fingerprint density at radius 2 is 1.89 bits per heavy atom. The number of nitrogens with zero attached hydrogens (tertiary/aromatic N) is 1. The Hall–Kier alpha value is -1.75. The van der Waals surface area contributed by atoms with Crippen LogP contribution in [0.4, 0.5) is 0 Å². The molecule has 2 rings (SSSR count). The van der Waals surface area contributed by atoms with Crippen LogP contribution < -0.4 is 5.32 Å². The minimum absolute atomic E-state index is 0.0499. The Morgan fingerprint density at radius 3 is 2.44 bits per heavy atom. The predicted molar refractivity (Wildman–Crippen MR) is 67.7 cm³/mol. The number of aromatic hydroxyl groups is 2. The molecule has 18 heavy (non-hydrogen) atoms. The fraction of sp³-hybridized carbons (Fsp3) is 0.462. The minimum atomic E-state index is -0.201. The van der Waals surface area contributed by atoms with Crippen molar-refractivity contribution in [3.05, 3.63) is 23.8 Å². The van der Waals surface area contributed by atoms with Gasteiger partial charge in [-0.2, -0.15) is 0 Å². The summed E-state index contributed by atoms with van der Waals surface area (Å²) in [5, 5.41) is 22.3. The fourth-order valence-electron chi connectivity index (χ4n) is 2.36. The largest absolute Gasteiger partial charge is 0.508 e. The first-order valence-electron chi connectivity index (χ1n) is 6.04. The highest BCUT2D eigenvalue weighted by Crippen LogP contribution is 2.24. The molecule has 1 fully saturated rings. The smallest absolute Gasteiger partial charge is 0.257 e. The number of carbonyl (C=O) groups excluding carboxylic acids is 1. The lowest BCUT2D eigenvalue weighted by Crippen LogP contribution is -2.55. The van der Waals surface area contributed by atoms with Crippen molar-refractivity contribution in [2.24, 2.45) is 0 Å². The molecule has 0 aromatic heterocycles. The zero-order valence-corrected chi connectivity index (χ0v) is 10.6. The standard InChI is InChI=1S/C13H18N2O3/c1-8-6-15(7-9(2)14-8)13(18)11-4-3-10(16)5-12(11)17/h3-5,8-9,14,16-17H,6-7H2,1-2H3. The summed E-state index contributed by atoms with van der Waals surface area (Å²) in [5.41, 5.74) is 0.231. The number of benzene rings is 1. The molecule has 3 N–H and O–H groups in total. The van der Waals surface area contributed by atoms with E-state index in [1.165, 1.54) is 18.2 Å². The summed E-state index contributed by atoms with van der Waals surface area (Å²) in [6, 6.07) is 4.50. The van der Waals surface area contributed by atoms with Crippen molar-refractivity contribution in [3.8, 4) is 11.5 Å². The predicted octanol–water partition coefficient (Wildman–Crippen LogP) is 0.920. The Kier molecular flexibility index (Phi) is 3.43.